The number of benzene rings is 1. The molecular formula is C27H44GeNSi+. The van der Waals surface area contributed by atoms with Gasteiger partial charge in [-0.2, -0.15) is 0 Å². The molecule has 0 radical (unpaired) electrons. The van der Waals surface area contributed by atoms with Gasteiger partial charge in [-0.05, 0) is 0 Å². The second-order valence-electron chi connectivity index (χ2n) is 12.6. The number of nitrogens with zero attached hydrogens (tertiary/aromatic N) is 1. The monoisotopic (exact) mass is 484 g/mol. The summed E-state index contributed by atoms with van der Waals surface area (Å²) in [5, 5.41) is 0. The molecule has 0 unspecified atom stereocenters. The molecule has 0 spiro atoms. The first-order valence-corrected chi connectivity index (χ1v) is 22.6. The summed E-state index contributed by atoms with van der Waals surface area (Å²) in [5.74, 6) is 8.48. The Morgan fingerprint density at radius 3 is 2.10 bits per heavy atom. The van der Waals surface area contributed by atoms with Gasteiger partial charge < -0.3 is 0 Å². The molecule has 1 aromatic heterocycles. The van der Waals surface area contributed by atoms with Crippen LogP contribution in [0.3, 0.4) is 0 Å². The fraction of sp³-hybridized carbons (Fsp3) is 0.593. The van der Waals surface area contributed by atoms with Crippen molar-refractivity contribution in [3.05, 3.63) is 47.2 Å². The second kappa shape index (κ2) is 8.24. The van der Waals surface area contributed by atoms with Gasteiger partial charge >= 0.3 is 190 Å². The number of hydrogen-bond acceptors (Lipinski definition) is 0. The predicted molar refractivity (Wildman–Crippen MR) is 139 cm³/mol. The van der Waals surface area contributed by atoms with Gasteiger partial charge in [0.15, 0.2) is 0 Å². The summed E-state index contributed by atoms with van der Waals surface area (Å²) in [7, 11) is 1.34. The molecule has 0 atom stereocenters. The molecule has 3 heteroatoms. The summed E-state index contributed by atoms with van der Waals surface area (Å²) in [5.41, 5.74) is 7.47. The Labute approximate surface area is 189 Å². The standard InChI is InChI=1S/C27H44GeNSi/c1-20-17-22(27(2,3)4)11-12-23(20)26-18-25(28(5,6)7)24(19-29(26)8)21-13-15-30(9,10)16-14-21/h11-12,17-19,21H,13-16H2,1-10H3/q+1. The van der Waals surface area contributed by atoms with E-state index in [-0.39, 0.29) is 5.41 Å². The minimum absolute atomic E-state index is 0.194. The Hall–Kier alpha value is -0.870. The summed E-state index contributed by atoms with van der Waals surface area (Å²) < 4.78 is 4.15. The van der Waals surface area contributed by atoms with Gasteiger partial charge in [0, 0.05) is 0 Å². The first-order chi connectivity index (χ1) is 13.7. The van der Waals surface area contributed by atoms with E-state index < -0.39 is 21.3 Å². The zero-order valence-corrected chi connectivity index (χ0v) is 24.3. The van der Waals surface area contributed by atoms with Crippen LogP contribution in [0.5, 0.6) is 0 Å². The maximum atomic E-state index is 2.59. The van der Waals surface area contributed by atoms with E-state index in [1.807, 2.05) is 0 Å². The maximum absolute atomic E-state index is 2.59. The van der Waals surface area contributed by atoms with Gasteiger partial charge in [0.25, 0.3) is 0 Å². The molecule has 0 N–H and O–H groups in total. The van der Waals surface area contributed by atoms with Crippen LogP contribution in [0, 0.1) is 6.92 Å². The summed E-state index contributed by atoms with van der Waals surface area (Å²) in [6.07, 6.45) is 5.33. The van der Waals surface area contributed by atoms with Gasteiger partial charge in [-0.1, -0.05) is 0 Å². The number of pyridine rings is 1. The molecular weight excluding hydrogens is 439 g/mol. The van der Waals surface area contributed by atoms with E-state index in [9.17, 15) is 0 Å². The first kappa shape index (κ1) is 23.8. The molecule has 0 bridgehead atoms. The van der Waals surface area contributed by atoms with E-state index in [0.717, 1.165) is 5.92 Å². The average Bonchev–Trinajstić information content (AvgIpc) is 2.60. The molecule has 1 aromatic carbocycles. The third kappa shape index (κ3) is 5.12. The van der Waals surface area contributed by atoms with E-state index in [1.165, 1.54) is 47.3 Å². The van der Waals surface area contributed by atoms with Crippen molar-refractivity contribution in [1.29, 1.82) is 0 Å². The van der Waals surface area contributed by atoms with Gasteiger partial charge in [0.05, 0.1) is 0 Å². The van der Waals surface area contributed by atoms with Gasteiger partial charge in [-0.3, -0.25) is 0 Å². The molecule has 1 aliphatic rings. The molecule has 1 fully saturated rings. The van der Waals surface area contributed by atoms with E-state index in [0.29, 0.717) is 0 Å². The molecule has 1 saturated heterocycles. The molecule has 3 rings (SSSR count). The van der Waals surface area contributed by atoms with Crippen LogP contribution in [0.15, 0.2) is 30.5 Å². The molecule has 164 valence electrons. The van der Waals surface area contributed by atoms with Crippen molar-refractivity contribution in [3.63, 3.8) is 0 Å². The topological polar surface area (TPSA) is 3.88 Å². The first-order valence-electron chi connectivity index (χ1n) is 11.8. The molecule has 0 aliphatic carbocycles. The van der Waals surface area contributed by atoms with Crippen molar-refractivity contribution >= 4 is 25.7 Å². The van der Waals surface area contributed by atoms with Crippen LogP contribution in [0.4, 0.5) is 0 Å². The van der Waals surface area contributed by atoms with Crippen LogP contribution in [-0.2, 0) is 12.5 Å². The summed E-state index contributed by atoms with van der Waals surface area (Å²) in [4.78, 5) is 0. The fourth-order valence-electron chi connectivity index (χ4n) is 5.04. The number of aromatic nitrogens is 1. The SMILES string of the molecule is Cc1cc(C(C)(C)C)ccc1-c1c[c]([Ge]([CH3])([CH3])[CH3])c(C2CC[Si](C)(C)CC2)c[n+]1C. The zero-order chi connectivity index (χ0) is 22.5. The van der Waals surface area contributed by atoms with Crippen molar-refractivity contribution in [1.82, 2.24) is 0 Å². The number of rotatable bonds is 3. The van der Waals surface area contributed by atoms with Crippen LogP contribution in [0.25, 0.3) is 11.3 Å². The quantitative estimate of drug-likeness (QED) is 0.330. The van der Waals surface area contributed by atoms with Crippen molar-refractivity contribution in [2.45, 2.75) is 94.3 Å². The van der Waals surface area contributed by atoms with Gasteiger partial charge in [-0.25, -0.2) is 0 Å². The zero-order valence-electron chi connectivity index (χ0n) is 21.2. The van der Waals surface area contributed by atoms with Crippen LogP contribution in [0.2, 0.25) is 42.5 Å². The van der Waals surface area contributed by atoms with Crippen LogP contribution in [0.1, 0.15) is 56.2 Å². The molecule has 1 aliphatic heterocycles. The third-order valence-electron chi connectivity index (χ3n) is 7.26. The minimum atomic E-state index is -2.00. The summed E-state index contributed by atoms with van der Waals surface area (Å²) >= 11 is -2.00. The molecule has 0 amide bonds. The van der Waals surface area contributed by atoms with Gasteiger partial charge in [0.2, 0.25) is 0 Å². The number of hydrogen-bond donors (Lipinski definition) is 0. The molecule has 30 heavy (non-hydrogen) atoms. The van der Waals surface area contributed by atoms with Crippen molar-refractivity contribution in [2.24, 2.45) is 7.05 Å². The Morgan fingerprint density at radius 1 is 1.00 bits per heavy atom. The van der Waals surface area contributed by atoms with Crippen molar-refractivity contribution < 1.29 is 4.57 Å². The van der Waals surface area contributed by atoms with Crippen LogP contribution in [-0.4, -0.2) is 21.3 Å². The predicted octanol–water partition coefficient (Wildman–Crippen LogP) is 6.92. The Bertz CT molecular complexity index is 921. The van der Waals surface area contributed by atoms with E-state index in [1.54, 1.807) is 9.96 Å². The number of aryl methyl sites for hydroxylation is 2. The Balaban J connectivity index is 2.08. The van der Waals surface area contributed by atoms with E-state index in [2.05, 4.69) is 100 Å². The fourth-order valence-corrected chi connectivity index (χ4v) is 11.1. The molecule has 1 nitrogen and oxygen atoms in total. The van der Waals surface area contributed by atoms with E-state index >= 15 is 0 Å². The average molecular weight is 483 g/mol. The van der Waals surface area contributed by atoms with Crippen molar-refractivity contribution in [3.8, 4) is 11.3 Å². The third-order valence-corrected chi connectivity index (χ3v) is 14.8. The van der Waals surface area contributed by atoms with Crippen LogP contribution >= 0.6 is 0 Å². The van der Waals surface area contributed by atoms with E-state index in [4.69, 9.17) is 0 Å². The summed E-state index contributed by atoms with van der Waals surface area (Å²) in [6, 6.07) is 12.7. The van der Waals surface area contributed by atoms with Crippen molar-refractivity contribution in [2.75, 3.05) is 0 Å². The molecule has 2 aromatic rings. The Kier molecular flexibility index (Phi) is 6.53. The summed E-state index contributed by atoms with van der Waals surface area (Å²) in [6.45, 7) is 14.4. The second-order valence-corrected chi connectivity index (χ2v) is 28.5. The Morgan fingerprint density at radius 2 is 1.60 bits per heavy atom. The molecule has 0 saturated carbocycles. The van der Waals surface area contributed by atoms with Crippen LogP contribution < -0.4 is 8.96 Å². The normalized spacial score (nSPS) is 17.9. The van der Waals surface area contributed by atoms with Gasteiger partial charge in [-0.15, -0.1) is 0 Å². The van der Waals surface area contributed by atoms with Gasteiger partial charge in [0.1, 0.15) is 0 Å². The molecule has 2 heterocycles.